The summed E-state index contributed by atoms with van der Waals surface area (Å²) in [4.78, 5) is 16.6. The highest BCUT2D eigenvalue weighted by molar-refractivity contribution is 7.10. The van der Waals surface area contributed by atoms with Crippen LogP contribution in [0.5, 0.6) is 5.75 Å². The molecule has 1 saturated heterocycles. The zero-order valence-corrected chi connectivity index (χ0v) is 21.0. The Morgan fingerprint density at radius 3 is 2.94 bits per heavy atom. The molecule has 1 amide bonds. The van der Waals surface area contributed by atoms with Crippen molar-refractivity contribution >= 4 is 29.0 Å². The summed E-state index contributed by atoms with van der Waals surface area (Å²) in [6.07, 6.45) is 9.09. The molecule has 3 fully saturated rings. The molecule has 1 aromatic carbocycles. The maximum absolute atomic E-state index is 13.0. The molecule has 34 heavy (non-hydrogen) atoms. The van der Waals surface area contributed by atoms with Gasteiger partial charge in [0.05, 0.1) is 12.5 Å². The molecule has 2 aliphatic heterocycles. The number of benzene rings is 1. The minimum atomic E-state index is -0.337. The van der Waals surface area contributed by atoms with Gasteiger partial charge in [-0.15, -0.1) is 11.3 Å². The number of carbonyl (C=O) groups is 1. The van der Waals surface area contributed by atoms with Gasteiger partial charge in [0.25, 0.3) is 0 Å². The Hall–Kier alpha value is -2.19. The van der Waals surface area contributed by atoms with E-state index in [-0.39, 0.29) is 11.3 Å². The molecule has 2 aromatic rings. The Kier molecular flexibility index (Phi) is 5.56. The number of anilines is 1. The van der Waals surface area contributed by atoms with Crippen LogP contribution in [0, 0.1) is 17.8 Å². The normalized spacial score (nSPS) is 34.0. The van der Waals surface area contributed by atoms with Crippen LogP contribution in [0.4, 0.5) is 5.69 Å². The van der Waals surface area contributed by atoms with Crippen molar-refractivity contribution in [1.82, 2.24) is 15.8 Å². The number of thiophene rings is 1. The van der Waals surface area contributed by atoms with Crippen LogP contribution in [0.3, 0.4) is 0 Å². The van der Waals surface area contributed by atoms with Crippen molar-refractivity contribution in [2.75, 3.05) is 26.5 Å². The lowest BCUT2D eigenvalue weighted by Gasteiger charge is -2.33. The lowest BCUT2D eigenvalue weighted by Crippen LogP contribution is -2.37. The number of fused-ring (bicyclic) bond motifs is 3. The summed E-state index contributed by atoms with van der Waals surface area (Å²) < 4.78 is 5.45. The standard InChI is InChI=1S/C27H34N4O2S/c1-31(2)14-19-10-16(15-34-19)4-8-23-20-7-5-17(11-25(20)30-29-23)22-13-27(22)21-12-18(33-3)6-9-24(21)28-26(27)32/h4,6,8-10,12,15,17,20,22-23,25,29-30H,5,7,11,13-14H2,1-3H3,(H,28,32)/b8-4+/t17?,20?,22-,23?,25?,27-/m0/s1. The molecule has 2 saturated carbocycles. The van der Waals surface area contributed by atoms with E-state index in [0.29, 0.717) is 29.8 Å². The fourth-order valence-electron chi connectivity index (χ4n) is 6.70. The highest BCUT2D eigenvalue weighted by atomic mass is 32.1. The van der Waals surface area contributed by atoms with E-state index in [9.17, 15) is 4.79 Å². The van der Waals surface area contributed by atoms with E-state index in [0.717, 1.165) is 36.4 Å². The fourth-order valence-corrected chi connectivity index (χ4v) is 7.67. The van der Waals surface area contributed by atoms with Gasteiger partial charge in [0.1, 0.15) is 5.75 Å². The molecule has 2 aliphatic carbocycles. The van der Waals surface area contributed by atoms with Gasteiger partial charge in [-0.3, -0.25) is 15.6 Å². The summed E-state index contributed by atoms with van der Waals surface area (Å²) >= 11 is 1.83. The second-order valence-corrected chi connectivity index (χ2v) is 11.7. The first-order valence-electron chi connectivity index (χ1n) is 12.4. The van der Waals surface area contributed by atoms with Gasteiger partial charge >= 0.3 is 0 Å². The van der Waals surface area contributed by atoms with E-state index in [1.807, 2.05) is 23.5 Å². The summed E-state index contributed by atoms with van der Waals surface area (Å²) in [5, 5.41) is 5.38. The van der Waals surface area contributed by atoms with Crippen LogP contribution < -0.4 is 20.9 Å². The highest BCUT2D eigenvalue weighted by Crippen LogP contribution is 2.65. The summed E-state index contributed by atoms with van der Waals surface area (Å²) in [5.74, 6) is 2.63. The Morgan fingerprint density at radius 2 is 2.12 bits per heavy atom. The van der Waals surface area contributed by atoms with Crippen LogP contribution >= 0.6 is 11.3 Å². The first kappa shape index (κ1) is 22.3. The number of hydrazine groups is 1. The van der Waals surface area contributed by atoms with E-state index in [4.69, 9.17) is 4.74 Å². The zero-order valence-electron chi connectivity index (χ0n) is 20.1. The van der Waals surface area contributed by atoms with Gasteiger partial charge in [-0.25, -0.2) is 0 Å². The second-order valence-electron chi connectivity index (χ2n) is 10.7. The summed E-state index contributed by atoms with van der Waals surface area (Å²) in [6, 6.07) is 9.11. The quantitative estimate of drug-likeness (QED) is 0.586. The Morgan fingerprint density at radius 1 is 1.24 bits per heavy atom. The van der Waals surface area contributed by atoms with Crippen molar-refractivity contribution in [3.63, 3.8) is 0 Å². The topological polar surface area (TPSA) is 65.6 Å². The van der Waals surface area contributed by atoms with Gasteiger partial charge in [-0.05, 0) is 98.3 Å². The van der Waals surface area contributed by atoms with Crippen molar-refractivity contribution < 1.29 is 9.53 Å². The maximum atomic E-state index is 13.0. The Bertz CT molecular complexity index is 1130. The molecule has 4 aliphatic rings. The van der Waals surface area contributed by atoms with Gasteiger partial charge in [0, 0.05) is 29.2 Å². The van der Waals surface area contributed by atoms with Crippen LogP contribution in [-0.2, 0) is 16.8 Å². The number of hydrogen-bond acceptors (Lipinski definition) is 6. The number of methoxy groups -OCH3 is 1. The molecular weight excluding hydrogens is 444 g/mol. The van der Waals surface area contributed by atoms with Gasteiger partial charge in [-0.2, -0.15) is 0 Å². The van der Waals surface area contributed by atoms with E-state index >= 15 is 0 Å². The number of carbonyl (C=O) groups excluding carboxylic acids is 1. The SMILES string of the molecule is COc1ccc2c(c1)[C@]1(C[C@H]1C1CCC3C(/C=C/c4csc(CN(C)C)c4)NNC3C1)C(=O)N2. The molecule has 0 radical (unpaired) electrons. The minimum absolute atomic E-state index is 0.186. The molecule has 180 valence electrons. The smallest absolute Gasteiger partial charge is 0.235 e. The summed E-state index contributed by atoms with van der Waals surface area (Å²) in [7, 11) is 5.91. The molecule has 6 nitrogen and oxygen atoms in total. The fraction of sp³-hybridized carbons (Fsp3) is 0.519. The third kappa shape index (κ3) is 3.70. The zero-order chi connectivity index (χ0) is 23.4. The van der Waals surface area contributed by atoms with Crippen LogP contribution in [0.15, 0.2) is 35.7 Å². The van der Waals surface area contributed by atoms with Crippen molar-refractivity contribution in [1.29, 1.82) is 0 Å². The van der Waals surface area contributed by atoms with Crippen molar-refractivity contribution in [2.24, 2.45) is 17.8 Å². The molecule has 1 spiro atoms. The average molecular weight is 479 g/mol. The van der Waals surface area contributed by atoms with Crippen LogP contribution in [0.1, 0.15) is 41.7 Å². The number of ether oxygens (including phenoxy) is 1. The minimum Gasteiger partial charge on any atom is -0.497 e. The van der Waals surface area contributed by atoms with E-state index in [1.165, 1.54) is 23.3 Å². The lowest BCUT2D eigenvalue weighted by atomic mass is 9.73. The van der Waals surface area contributed by atoms with Gasteiger partial charge < -0.3 is 15.0 Å². The number of nitrogens with one attached hydrogen (secondary N) is 3. The molecule has 3 heterocycles. The highest BCUT2D eigenvalue weighted by Gasteiger charge is 2.67. The number of amides is 1. The number of hydrogen-bond donors (Lipinski definition) is 3. The molecule has 1 aromatic heterocycles. The molecule has 6 atom stereocenters. The molecule has 7 heteroatoms. The summed E-state index contributed by atoms with van der Waals surface area (Å²) in [6.45, 7) is 0.992. The maximum Gasteiger partial charge on any atom is 0.235 e. The molecule has 4 unspecified atom stereocenters. The number of rotatable bonds is 6. The first-order chi connectivity index (χ1) is 16.5. The van der Waals surface area contributed by atoms with E-state index < -0.39 is 0 Å². The van der Waals surface area contributed by atoms with Gasteiger partial charge in [0.2, 0.25) is 5.91 Å². The Balaban J connectivity index is 1.11. The predicted molar refractivity (Wildman–Crippen MR) is 137 cm³/mol. The monoisotopic (exact) mass is 478 g/mol. The Labute approximate surface area is 205 Å². The van der Waals surface area contributed by atoms with E-state index in [2.05, 4.69) is 64.8 Å². The predicted octanol–water partition coefficient (Wildman–Crippen LogP) is 4.00. The molecule has 6 rings (SSSR count). The number of nitrogens with zero attached hydrogens (tertiary/aromatic N) is 1. The second kappa shape index (κ2) is 8.48. The van der Waals surface area contributed by atoms with Crippen LogP contribution in [0.2, 0.25) is 0 Å². The van der Waals surface area contributed by atoms with Crippen molar-refractivity contribution in [3.8, 4) is 5.75 Å². The van der Waals surface area contributed by atoms with Crippen LogP contribution in [0.25, 0.3) is 6.08 Å². The first-order valence-corrected chi connectivity index (χ1v) is 13.3. The average Bonchev–Trinajstić information content (AvgIpc) is 3.06. The van der Waals surface area contributed by atoms with Crippen LogP contribution in [-0.4, -0.2) is 44.1 Å². The lowest BCUT2D eigenvalue weighted by molar-refractivity contribution is -0.118. The third-order valence-electron chi connectivity index (χ3n) is 8.43. The largest absolute Gasteiger partial charge is 0.497 e. The van der Waals surface area contributed by atoms with Crippen molar-refractivity contribution in [2.45, 2.75) is 49.7 Å². The molecular formula is C27H34N4O2S. The molecule has 0 bridgehead atoms. The van der Waals surface area contributed by atoms with Gasteiger partial charge in [0.15, 0.2) is 0 Å². The third-order valence-corrected chi connectivity index (χ3v) is 9.37. The summed E-state index contributed by atoms with van der Waals surface area (Å²) in [5.41, 5.74) is 10.2. The van der Waals surface area contributed by atoms with Crippen molar-refractivity contribution in [3.05, 3.63) is 51.7 Å². The van der Waals surface area contributed by atoms with Gasteiger partial charge in [-0.1, -0.05) is 12.2 Å². The molecule has 3 N–H and O–H groups in total. The van der Waals surface area contributed by atoms with E-state index in [1.54, 1.807) is 7.11 Å².